The van der Waals surface area contributed by atoms with Crippen molar-refractivity contribution in [3.8, 4) is 0 Å². The van der Waals surface area contributed by atoms with Gasteiger partial charge in [-0.05, 0) is 6.07 Å². The third kappa shape index (κ3) is 3.40. The number of halogens is 2. The molecule has 1 aromatic rings. The van der Waals surface area contributed by atoms with Crippen LogP contribution in [0.15, 0.2) is 12.3 Å². The van der Waals surface area contributed by atoms with Gasteiger partial charge in [0.05, 0.1) is 16.5 Å². The summed E-state index contributed by atoms with van der Waals surface area (Å²) in [5, 5.41) is 12.0. The molecule has 0 aliphatic carbocycles. The van der Waals surface area contributed by atoms with Gasteiger partial charge in [-0.3, -0.25) is 4.79 Å². The standard InChI is InChI=1S/C8H8Cl2N2O2/c9-5-3-6(10)8(12-4-5)11-2-1-7(13)14/h3-4H,1-2H2,(H,11,12)(H,13,14). The van der Waals surface area contributed by atoms with Crippen LogP contribution in [-0.4, -0.2) is 22.6 Å². The van der Waals surface area contributed by atoms with Crippen molar-refractivity contribution in [2.24, 2.45) is 0 Å². The normalized spacial score (nSPS) is 9.86. The maximum absolute atomic E-state index is 10.2. The van der Waals surface area contributed by atoms with Gasteiger partial charge in [0.1, 0.15) is 5.82 Å². The number of aromatic nitrogens is 1. The van der Waals surface area contributed by atoms with Crippen LogP contribution in [0.4, 0.5) is 5.82 Å². The lowest BCUT2D eigenvalue weighted by molar-refractivity contribution is -0.136. The predicted molar refractivity (Wildman–Crippen MR) is 55.0 cm³/mol. The van der Waals surface area contributed by atoms with E-state index in [1.807, 2.05) is 0 Å². The van der Waals surface area contributed by atoms with Crippen molar-refractivity contribution in [2.45, 2.75) is 6.42 Å². The van der Waals surface area contributed by atoms with Gasteiger partial charge in [-0.25, -0.2) is 4.98 Å². The van der Waals surface area contributed by atoms with Crippen LogP contribution >= 0.6 is 23.2 Å². The van der Waals surface area contributed by atoms with Gasteiger partial charge < -0.3 is 10.4 Å². The number of anilines is 1. The zero-order valence-electron chi connectivity index (χ0n) is 7.13. The summed E-state index contributed by atoms with van der Waals surface area (Å²) < 4.78 is 0. The highest BCUT2D eigenvalue weighted by molar-refractivity contribution is 6.35. The quantitative estimate of drug-likeness (QED) is 0.840. The van der Waals surface area contributed by atoms with Gasteiger partial charge >= 0.3 is 5.97 Å². The minimum atomic E-state index is -0.873. The Balaban J connectivity index is 2.55. The molecule has 1 aromatic heterocycles. The summed E-state index contributed by atoms with van der Waals surface area (Å²) in [6, 6.07) is 1.54. The molecular formula is C8H8Cl2N2O2. The number of nitrogens with zero attached hydrogens (tertiary/aromatic N) is 1. The second-order valence-corrected chi connectivity index (χ2v) is 3.40. The molecule has 0 aromatic carbocycles. The molecule has 0 aliphatic heterocycles. The zero-order chi connectivity index (χ0) is 10.6. The number of rotatable bonds is 4. The first-order valence-corrected chi connectivity index (χ1v) is 4.62. The maximum atomic E-state index is 10.2. The molecule has 2 N–H and O–H groups in total. The Bertz CT molecular complexity index is 344. The van der Waals surface area contributed by atoms with Crippen molar-refractivity contribution >= 4 is 35.0 Å². The van der Waals surface area contributed by atoms with Crippen LogP contribution < -0.4 is 5.32 Å². The molecule has 0 saturated carbocycles. The van der Waals surface area contributed by atoms with Gasteiger partial charge in [0.15, 0.2) is 0 Å². The first-order chi connectivity index (χ1) is 6.59. The summed E-state index contributed by atoms with van der Waals surface area (Å²) in [7, 11) is 0. The number of carbonyl (C=O) groups is 1. The van der Waals surface area contributed by atoms with E-state index in [2.05, 4.69) is 10.3 Å². The molecule has 0 bridgehead atoms. The van der Waals surface area contributed by atoms with Gasteiger partial charge in [0.25, 0.3) is 0 Å². The third-order valence-corrected chi connectivity index (χ3v) is 1.93. The van der Waals surface area contributed by atoms with Crippen LogP contribution in [0.5, 0.6) is 0 Å². The average molecular weight is 235 g/mol. The fourth-order valence-corrected chi connectivity index (χ4v) is 1.28. The van der Waals surface area contributed by atoms with E-state index in [0.29, 0.717) is 15.9 Å². The lowest BCUT2D eigenvalue weighted by Gasteiger charge is -2.05. The first kappa shape index (κ1) is 11.1. The van der Waals surface area contributed by atoms with E-state index in [4.69, 9.17) is 28.3 Å². The van der Waals surface area contributed by atoms with Crippen molar-refractivity contribution in [1.29, 1.82) is 0 Å². The maximum Gasteiger partial charge on any atom is 0.305 e. The van der Waals surface area contributed by atoms with E-state index in [0.717, 1.165) is 0 Å². The van der Waals surface area contributed by atoms with Crippen LogP contribution in [0.1, 0.15) is 6.42 Å². The van der Waals surface area contributed by atoms with E-state index in [1.165, 1.54) is 6.20 Å². The summed E-state index contributed by atoms with van der Waals surface area (Å²) in [6.45, 7) is 0.281. The molecule has 0 unspecified atom stereocenters. The summed E-state index contributed by atoms with van der Waals surface area (Å²) >= 11 is 11.4. The molecular weight excluding hydrogens is 227 g/mol. The highest BCUT2D eigenvalue weighted by Gasteiger charge is 2.02. The van der Waals surface area contributed by atoms with Crippen LogP contribution in [0.3, 0.4) is 0 Å². The topological polar surface area (TPSA) is 62.2 Å². The largest absolute Gasteiger partial charge is 0.481 e. The number of nitrogens with one attached hydrogen (secondary N) is 1. The Kier molecular flexibility index (Phi) is 3.98. The first-order valence-electron chi connectivity index (χ1n) is 3.86. The molecule has 0 atom stereocenters. The highest BCUT2D eigenvalue weighted by atomic mass is 35.5. The molecule has 1 heterocycles. The van der Waals surface area contributed by atoms with Crippen molar-refractivity contribution < 1.29 is 9.90 Å². The molecule has 0 amide bonds. The second-order valence-electron chi connectivity index (χ2n) is 2.55. The molecule has 0 aliphatic rings. The van der Waals surface area contributed by atoms with Crippen LogP contribution in [0.25, 0.3) is 0 Å². The van der Waals surface area contributed by atoms with Gasteiger partial charge in [0, 0.05) is 12.7 Å². The zero-order valence-corrected chi connectivity index (χ0v) is 8.64. The fourth-order valence-electron chi connectivity index (χ4n) is 0.832. The summed E-state index contributed by atoms with van der Waals surface area (Å²) in [4.78, 5) is 14.1. The minimum Gasteiger partial charge on any atom is -0.481 e. The molecule has 6 heteroatoms. The number of hydrogen-bond donors (Lipinski definition) is 2. The molecule has 0 spiro atoms. The predicted octanol–water partition coefficient (Wildman–Crippen LogP) is 2.28. The van der Waals surface area contributed by atoms with Crippen molar-refractivity contribution in [3.05, 3.63) is 22.3 Å². The molecule has 14 heavy (non-hydrogen) atoms. The second kappa shape index (κ2) is 5.02. The SMILES string of the molecule is O=C(O)CCNc1ncc(Cl)cc1Cl. The summed E-state index contributed by atoms with van der Waals surface area (Å²) in [5.74, 6) is -0.431. The number of hydrogen-bond acceptors (Lipinski definition) is 3. The molecule has 76 valence electrons. The molecule has 1 rings (SSSR count). The van der Waals surface area contributed by atoms with E-state index < -0.39 is 5.97 Å². The van der Waals surface area contributed by atoms with Gasteiger partial charge in [-0.1, -0.05) is 23.2 Å². The average Bonchev–Trinajstić information content (AvgIpc) is 2.08. The molecule has 4 nitrogen and oxygen atoms in total. The van der Waals surface area contributed by atoms with Gasteiger partial charge in [-0.2, -0.15) is 0 Å². The van der Waals surface area contributed by atoms with Gasteiger partial charge in [0.2, 0.25) is 0 Å². The van der Waals surface area contributed by atoms with Crippen molar-refractivity contribution in [2.75, 3.05) is 11.9 Å². The van der Waals surface area contributed by atoms with Crippen LogP contribution in [0, 0.1) is 0 Å². The Hall–Kier alpha value is -1.000. The van der Waals surface area contributed by atoms with Crippen molar-refractivity contribution in [1.82, 2.24) is 4.98 Å². The van der Waals surface area contributed by atoms with E-state index in [-0.39, 0.29) is 13.0 Å². The molecule has 0 fully saturated rings. The van der Waals surface area contributed by atoms with E-state index in [1.54, 1.807) is 6.07 Å². The van der Waals surface area contributed by atoms with Gasteiger partial charge in [-0.15, -0.1) is 0 Å². The lowest BCUT2D eigenvalue weighted by Crippen LogP contribution is -2.08. The third-order valence-electron chi connectivity index (χ3n) is 1.44. The molecule has 0 saturated heterocycles. The molecule has 0 radical (unpaired) electrons. The number of carboxylic acid groups (broad SMARTS) is 1. The minimum absolute atomic E-state index is 0.0145. The Labute approximate surface area is 90.9 Å². The number of carboxylic acids is 1. The number of pyridine rings is 1. The smallest absolute Gasteiger partial charge is 0.305 e. The number of aliphatic carboxylic acids is 1. The Morgan fingerprint density at radius 3 is 2.86 bits per heavy atom. The monoisotopic (exact) mass is 234 g/mol. The van der Waals surface area contributed by atoms with Crippen LogP contribution in [-0.2, 0) is 4.79 Å². The lowest BCUT2D eigenvalue weighted by atomic mass is 10.4. The van der Waals surface area contributed by atoms with E-state index >= 15 is 0 Å². The van der Waals surface area contributed by atoms with E-state index in [9.17, 15) is 4.79 Å². The summed E-state index contributed by atoms with van der Waals surface area (Å²) in [6.07, 6.45) is 1.46. The summed E-state index contributed by atoms with van der Waals surface area (Å²) in [5.41, 5.74) is 0. The Morgan fingerprint density at radius 2 is 2.29 bits per heavy atom. The Morgan fingerprint density at radius 1 is 1.57 bits per heavy atom. The van der Waals surface area contributed by atoms with Crippen molar-refractivity contribution in [3.63, 3.8) is 0 Å². The van der Waals surface area contributed by atoms with Crippen LogP contribution in [0.2, 0.25) is 10.0 Å². The fraction of sp³-hybridized carbons (Fsp3) is 0.250. The highest BCUT2D eigenvalue weighted by Crippen LogP contribution is 2.22.